The van der Waals surface area contributed by atoms with Crippen molar-refractivity contribution in [3.63, 3.8) is 0 Å². The molecule has 0 unspecified atom stereocenters. The maximum Gasteiger partial charge on any atom is 0.339 e. The molecule has 1 rings (SSSR count). The van der Waals surface area contributed by atoms with E-state index in [1.165, 1.54) is 7.11 Å². The molecule has 0 atom stereocenters. The zero-order valence-corrected chi connectivity index (χ0v) is 15.1. The lowest BCUT2D eigenvalue weighted by molar-refractivity contribution is 0.219. The quantitative estimate of drug-likeness (QED) is 0.813. The minimum absolute atomic E-state index is 0.0238. The van der Waals surface area contributed by atoms with Gasteiger partial charge in [0.25, 0.3) is 0 Å². The highest BCUT2D eigenvalue weighted by Gasteiger charge is 2.24. The van der Waals surface area contributed by atoms with Crippen molar-refractivity contribution < 1.29 is 22.7 Å². The Labute approximate surface area is 142 Å². The number of rotatable bonds is 6. The second kappa shape index (κ2) is 8.53. The number of hydrogen-bond acceptors (Lipinski definition) is 5. The largest absolute Gasteiger partial charge is 0.497 e. The number of amides is 4. The van der Waals surface area contributed by atoms with Gasteiger partial charge in [0.05, 0.1) is 13.4 Å². The summed E-state index contributed by atoms with van der Waals surface area (Å²) in [6.45, 7) is 3.66. The van der Waals surface area contributed by atoms with E-state index in [1.54, 1.807) is 25.1 Å². The van der Waals surface area contributed by atoms with Crippen LogP contribution in [0.5, 0.6) is 5.75 Å². The molecule has 0 aliphatic heterocycles. The fraction of sp³-hybridized carbons (Fsp3) is 0.467. The Morgan fingerprint density at radius 1 is 1.29 bits per heavy atom. The summed E-state index contributed by atoms with van der Waals surface area (Å²) in [4.78, 5) is 24.0. The molecule has 0 spiro atoms. The third-order valence-corrected chi connectivity index (χ3v) is 4.39. The van der Waals surface area contributed by atoms with Crippen molar-refractivity contribution in [2.75, 3.05) is 25.2 Å². The maximum absolute atomic E-state index is 12.0. The van der Waals surface area contributed by atoms with E-state index in [4.69, 9.17) is 4.74 Å². The van der Waals surface area contributed by atoms with E-state index in [2.05, 4.69) is 5.32 Å². The average molecular weight is 357 g/mol. The Morgan fingerprint density at radius 2 is 1.96 bits per heavy atom. The molecule has 8 nitrogen and oxygen atoms in total. The smallest absolute Gasteiger partial charge is 0.339 e. The molecule has 0 radical (unpaired) electrons. The van der Waals surface area contributed by atoms with Crippen molar-refractivity contribution >= 4 is 27.8 Å². The van der Waals surface area contributed by atoms with Gasteiger partial charge in [-0.15, -0.1) is 0 Å². The van der Waals surface area contributed by atoms with Gasteiger partial charge < -0.3 is 10.1 Å². The van der Waals surface area contributed by atoms with Gasteiger partial charge in [-0.05, 0) is 37.1 Å². The molecule has 0 heterocycles. The number of aryl methyl sites for hydroxylation is 1. The Hall–Kier alpha value is -2.29. The van der Waals surface area contributed by atoms with E-state index >= 15 is 0 Å². The molecule has 0 saturated carbocycles. The molecular weight excluding hydrogens is 334 g/mol. The number of sulfonamides is 1. The van der Waals surface area contributed by atoms with Crippen molar-refractivity contribution in [2.24, 2.45) is 0 Å². The van der Waals surface area contributed by atoms with Crippen LogP contribution in [0.4, 0.5) is 15.3 Å². The second-order valence-corrected chi connectivity index (χ2v) is 7.16. The highest BCUT2D eigenvalue weighted by atomic mass is 32.2. The summed E-state index contributed by atoms with van der Waals surface area (Å²) in [5, 5.41) is 4.53. The third kappa shape index (κ3) is 5.73. The molecule has 24 heavy (non-hydrogen) atoms. The van der Waals surface area contributed by atoms with Gasteiger partial charge in [-0.1, -0.05) is 13.3 Å². The van der Waals surface area contributed by atoms with E-state index in [0.717, 1.165) is 18.2 Å². The maximum atomic E-state index is 12.0. The normalized spacial score (nSPS) is 10.8. The van der Waals surface area contributed by atoms with Crippen molar-refractivity contribution in [3.8, 4) is 5.75 Å². The summed E-state index contributed by atoms with van der Waals surface area (Å²) in [6, 6.07) is 3.23. The molecule has 1 aromatic rings. The van der Waals surface area contributed by atoms with E-state index in [-0.39, 0.29) is 6.54 Å². The molecule has 0 aromatic heterocycles. The van der Waals surface area contributed by atoms with Gasteiger partial charge >= 0.3 is 12.1 Å². The standard InChI is InChI=1S/C15H23N3O5S/c1-5-6-9-18(24(4,21)22)15(20)17-14(19)16-13-8-7-12(23-3)10-11(13)2/h7-8,10H,5-6,9H2,1-4H3,(H2,16,17,19,20). The number of benzene rings is 1. The summed E-state index contributed by atoms with van der Waals surface area (Å²) in [6.07, 6.45) is 2.16. The SMILES string of the molecule is CCCCN(C(=O)NC(=O)Nc1ccc(OC)cc1C)S(C)(=O)=O. The van der Waals surface area contributed by atoms with Crippen molar-refractivity contribution in [3.05, 3.63) is 23.8 Å². The number of methoxy groups -OCH3 is 1. The fourth-order valence-electron chi connectivity index (χ4n) is 1.94. The second-order valence-electron chi connectivity index (χ2n) is 5.25. The first-order chi connectivity index (χ1) is 11.2. The van der Waals surface area contributed by atoms with Crippen molar-refractivity contribution in [2.45, 2.75) is 26.7 Å². The Bertz CT molecular complexity index is 703. The number of nitrogens with zero attached hydrogens (tertiary/aromatic N) is 1. The number of anilines is 1. The first kappa shape index (κ1) is 19.8. The van der Waals surface area contributed by atoms with Gasteiger partial charge in [0.2, 0.25) is 10.0 Å². The number of carbonyl (C=O) groups excluding carboxylic acids is 2. The highest BCUT2D eigenvalue weighted by molar-refractivity contribution is 7.88. The van der Waals surface area contributed by atoms with Gasteiger partial charge in [0.1, 0.15) is 5.75 Å². The first-order valence-electron chi connectivity index (χ1n) is 7.43. The molecule has 4 amide bonds. The van der Waals surface area contributed by atoms with Crippen LogP contribution in [0.15, 0.2) is 18.2 Å². The molecule has 0 saturated heterocycles. The van der Waals surface area contributed by atoms with Crippen LogP contribution in [-0.2, 0) is 10.0 Å². The van der Waals surface area contributed by atoms with Crippen LogP contribution in [0.25, 0.3) is 0 Å². The Morgan fingerprint density at radius 3 is 2.46 bits per heavy atom. The van der Waals surface area contributed by atoms with Gasteiger partial charge in [-0.3, -0.25) is 5.32 Å². The van der Waals surface area contributed by atoms with Crippen molar-refractivity contribution in [1.29, 1.82) is 0 Å². The molecular formula is C15H23N3O5S. The lowest BCUT2D eigenvalue weighted by atomic mass is 10.2. The van der Waals surface area contributed by atoms with Crippen LogP contribution in [0, 0.1) is 6.92 Å². The van der Waals surface area contributed by atoms with Gasteiger partial charge in [-0.25, -0.2) is 22.3 Å². The van der Waals surface area contributed by atoms with Gasteiger partial charge in [-0.2, -0.15) is 0 Å². The Kier molecular flexibility index (Phi) is 7.02. The first-order valence-corrected chi connectivity index (χ1v) is 9.28. The van der Waals surface area contributed by atoms with Crippen LogP contribution >= 0.6 is 0 Å². The zero-order chi connectivity index (χ0) is 18.3. The van der Waals surface area contributed by atoms with E-state index in [0.29, 0.717) is 22.2 Å². The van der Waals surface area contributed by atoms with Gasteiger partial charge in [0, 0.05) is 12.2 Å². The zero-order valence-electron chi connectivity index (χ0n) is 14.3. The number of unbranched alkanes of at least 4 members (excludes halogenated alkanes) is 1. The molecule has 0 aliphatic carbocycles. The number of nitrogens with one attached hydrogen (secondary N) is 2. The van der Waals surface area contributed by atoms with Crippen LogP contribution in [0.2, 0.25) is 0 Å². The number of imide groups is 1. The molecule has 0 fully saturated rings. The molecule has 2 N–H and O–H groups in total. The highest BCUT2D eigenvalue weighted by Crippen LogP contribution is 2.20. The summed E-state index contributed by atoms with van der Waals surface area (Å²) in [5.74, 6) is 0.636. The lowest BCUT2D eigenvalue weighted by Gasteiger charge is -2.20. The molecule has 134 valence electrons. The summed E-state index contributed by atoms with van der Waals surface area (Å²) >= 11 is 0. The van der Waals surface area contributed by atoms with E-state index < -0.39 is 22.1 Å². The summed E-state index contributed by atoms with van der Waals surface area (Å²) in [5.41, 5.74) is 1.23. The van der Waals surface area contributed by atoms with Crippen LogP contribution in [-0.4, -0.2) is 44.7 Å². The average Bonchev–Trinajstić information content (AvgIpc) is 2.48. The fourth-order valence-corrected chi connectivity index (χ4v) is 2.74. The minimum atomic E-state index is -3.75. The Balaban J connectivity index is 2.77. The summed E-state index contributed by atoms with van der Waals surface area (Å²) < 4.78 is 29.0. The summed E-state index contributed by atoms with van der Waals surface area (Å²) in [7, 11) is -2.22. The van der Waals surface area contributed by atoms with Crippen molar-refractivity contribution in [1.82, 2.24) is 9.62 Å². The molecule has 0 aliphatic rings. The number of urea groups is 2. The van der Waals surface area contributed by atoms with E-state index in [9.17, 15) is 18.0 Å². The molecule has 9 heteroatoms. The molecule has 1 aromatic carbocycles. The van der Waals surface area contributed by atoms with E-state index in [1.807, 2.05) is 12.2 Å². The topological polar surface area (TPSA) is 105 Å². The van der Waals surface area contributed by atoms with Crippen LogP contribution < -0.4 is 15.4 Å². The third-order valence-electron chi connectivity index (χ3n) is 3.24. The van der Waals surface area contributed by atoms with Crippen LogP contribution in [0.3, 0.4) is 0 Å². The minimum Gasteiger partial charge on any atom is -0.497 e. The lowest BCUT2D eigenvalue weighted by Crippen LogP contribution is -2.47. The number of carbonyl (C=O) groups is 2. The van der Waals surface area contributed by atoms with Crippen LogP contribution in [0.1, 0.15) is 25.3 Å². The predicted octanol–water partition coefficient (Wildman–Crippen LogP) is 2.31. The molecule has 0 bridgehead atoms. The predicted molar refractivity (Wildman–Crippen MR) is 91.7 cm³/mol. The van der Waals surface area contributed by atoms with Gasteiger partial charge in [0.15, 0.2) is 0 Å². The number of ether oxygens (including phenoxy) is 1. The number of hydrogen-bond donors (Lipinski definition) is 2. The monoisotopic (exact) mass is 357 g/mol.